The Labute approximate surface area is 95.6 Å². The van der Waals surface area contributed by atoms with Crippen molar-refractivity contribution in [2.24, 2.45) is 11.8 Å². The third-order valence-corrected chi connectivity index (χ3v) is 3.70. The standard InChI is InChI=1S/C12H19NO3/c1-7(2)13(8-4-3-5-8)11(14)9-6-10(9)12(15)16/h7-10H,3-6H2,1-2H3,(H,15,16). The van der Waals surface area contributed by atoms with Crippen molar-refractivity contribution in [1.82, 2.24) is 4.90 Å². The van der Waals surface area contributed by atoms with E-state index in [0.717, 1.165) is 12.8 Å². The maximum atomic E-state index is 12.2. The van der Waals surface area contributed by atoms with Gasteiger partial charge in [-0.3, -0.25) is 9.59 Å². The Morgan fingerprint density at radius 3 is 2.19 bits per heavy atom. The van der Waals surface area contributed by atoms with Crippen LogP contribution in [0, 0.1) is 11.8 Å². The van der Waals surface area contributed by atoms with E-state index >= 15 is 0 Å². The molecule has 2 saturated carbocycles. The predicted octanol–water partition coefficient (Wildman–Crippen LogP) is 1.50. The van der Waals surface area contributed by atoms with E-state index in [4.69, 9.17) is 5.11 Å². The fourth-order valence-electron chi connectivity index (χ4n) is 2.45. The Hall–Kier alpha value is -1.06. The predicted molar refractivity (Wildman–Crippen MR) is 58.9 cm³/mol. The van der Waals surface area contributed by atoms with Crippen LogP contribution in [0.5, 0.6) is 0 Å². The summed E-state index contributed by atoms with van der Waals surface area (Å²) < 4.78 is 0. The van der Waals surface area contributed by atoms with Crippen molar-refractivity contribution < 1.29 is 14.7 Å². The van der Waals surface area contributed by atoms with Gasteiger partial charge in [-0.1, -0.05) is 0 Å². The fourth-order valence-corrected chi connectivity index (χ4v) is 2.45. The van der Waals surface area contributed by atoms with Crippen LogP contribution < -0.4 is 0 Å². The van der Waals surface area contributed by atoms with Crippen LogP contribution in [0.15, 0.2) is 0 Å². The highest BCUT2D eigenvalue weighted by Gasteiger charge is 2.51. The second kappa shape index (κ2) is 4.07. The lowest BCUT2D eigenvalue weighted by molar-refractivity contribution is -0.144. The van der Waals surface area contributed by atoms with Crippen LogP contribution >= 0.6 is 0 Å². The monoisotopic (exact) mass is 225 g/mol. The first-order valence-electron chi connectivity index (χ1n) is 6.07. The number of aliphatic carboxylic acids is 1. The average molecular weight is 225 g/mol. The van der Waals surface area contributed by atoms with Gasteiger partial charge in [-0.25, -0.2) is 0 Å². The third-order valence-electron chi connectivity index (χ3n) is 3.70. The summed E-state index contributed by atoms with van der Waals surface area (Å²) in [6, 6.07) is 0.551. The minimum atomic E-state index is -0.823. The summed E-state index contributed by atoms with van der Waals surface area (Å²) in [5, 5.41) is 8.83. The first-order chi connectivity index (χ1) is 7.52. The Morgan fingerprint density at radius 1 is 1.25 bits per heavy atom. The van der Waals surface area contributed by atoms with E-state index in [1.54, 1.807) is 0 Å². The molecule has 0 heterocycles. The molecule has 16 heavy (non-hydrogen) atoms. The molecule has 0 aliphatic heterocycles. The number of hydrogen-bond donors (Lipinski definition) is 1. The molecule has 2 aliphatic rings. The van der Waals surface area contributed by atoms with E-state index in [-0.39, 0.29) is 17.9 Å². The number of carbonyl (C=O) groups excluding carboxylic acids is 1. The Bertz CT molecular complexity index is 309. The summed E-state index contributed by atoms with van der Waals surface area (Å²) in [7, 11) is 0. The molecule has 2 atom stereocenters. The minimum absolute atomic E-state index is 0.0621. The number of nitrogens with zero attached hydrogens (tertiary/aromatic N) is 1. The highest BCUT2D eigenvalue weighted by molar-refractivity contribution is 5.89. The van der Waals surface area contributed by atoms with Gasteiger partial charge in [0, 0.05) is 12.1 Å². The molecule has 1 amide bonds. The van der Waals surface area contributed by atoms with Crippen molar-refractivity contribution in [1.29, 1.82) is 0 Å². The van der Waals surface area contributed by atoms with Crippen molar-refractivity contribution in [3.63, 3.8) is 0 Å². The third kappa shape index (κ3) is 1.93. The quantitative estimate of drug-likeness (QED) is 0.788. The molecule has 1 N–H and O–H groups in total. The maximum absolute atomic E-state index is 12.2. The Kier molecular flexibility index (Phi) is 2.91. The van der Waals surface area contributed by atoms with Crippen LogP contribution in [0.25, 0.3) is 0 Å². The average Bonchev–Trinajstić information content (AvgIpc) is 2.88. The van der Waals surface area contributed by atoms with Crippen LogP contribution in [0.4, 0.5) is 0 Å². The first-order valence-corrected chi connectivity index (χ1v) is 6.07. The summed E-state index contributed by atoms with van der Waals surface area (Å²) in [5.74, 6) is -1.43. The molecule has 0 aromatic carbocycles. The molecular formula is C12H19NO3. The summed E-state index contributed by atoms with van der Waals surface area (Å²) in [5.41, 5.74) is 0. The summed E-state index contributed by atoms with van der Waals surface area (Å²) in [6.45, 7) is 4.02. The summed E-state index contributed by atoms with van der Waals surface area (Å²) in [6.07, 6.45) is 3.88. The molecule has 0 aromatic rings. The Morgan fingerprint density at radius 2 is 1.88 bits per heavy atom. The maximum Gasteiger partial charge on any atom is 0.307 e. The molecule has 0 aromatic heterocycles. The summed E-state index contributed by atoms with van der Waals surface area (Å²) in [4.78, 5) is 24.8. The van der Waals surface area contributed by atoms with Crippen LogP contribution in [-0.2, 0) is 9.59 Å². The van der Waals surface area contributed by atoms with Gasteiger partial charge in [-0.2, -0.15) is 0 Å². The van der Waals surface area contributed by atoms with Gasteiger partial charge in [0.25, 0.3) is 0 Å². The van der Waals surface area contributed by atoms with E-state index in [9.17, 15) is 9.59 Å². The molecular weight excluding hydrogens is 206 g/mol. The fraction of sp³-hybridized carbons (Fsp3) is 0.833. The van der Waals surface area contributed by atoms with Gasteiger partial charge in [0.05, 0.1) is 11.8 Å². The lowest BCUT2D eigenvalue weighted by Gasteiger charge is -2.40. The van der Waals surface area contributed by atoms with E-state index in [0.29, 0.717) is 12.5 Å². The first kappa shape index (κ1) is 11.4. The number of amides is 1. The zero-order valence-corrected chi connectivity index (χ0v) is 9.85. The molecule has 2 unspecified atom stereocenters. The van der Waals surface area contributed by atoms with Crippen molar-refractivity contribution in [2.45, 2.75) is 51.6 Å². The number of carbonyl (C=O) groups is 2. The highest BCUT2D eigenvalue weighted by Crippen LogP contribution is 2.42. The smallest absolute Gasteiger partial charge is 0.307 e. The van der Waals surface area contributed by atoms with Gasteiger partial charge in [-0.15, -0.1) is 0 Å². The van der Waals surface area contributed by atoms with Crippen LogP contribution in [0.1, 0.15) is 39.5 Å². The lowest BCUT2D eigenvalue weighted by Crippen LogP contribution is -2.49. The highest BCUT2D eigenvalue weighted by atomic mass is 16.4. The molecule has 90 valence electrons. The molecule has 0 radical (unpaired) electrons. The molecule has 4 heteroatoms. The molecule has 0 spiro atoms. The number of carboxylic acids is 1. The molecule has 2 rings (SSSR count). The van der Waals surface area contributed by atoms with E-state index in [1.807, 2.05) is 18.7 Å². The van der Waals surface area contributed by atoms with Gasteiger partial charge in [-0.05, 0) is 39.5 Å². The SMILES string of the molecule is CC(C)N(C(=O)C1CC1C(=O)O)C1CCC1. The molecule has 0 saturated heterocycles. The van der Waals surface area contributed by atoms with E-state index < -0.39 is 11.9 Å². The molecule has 0 bridgehead atoms. The van der Waals surface area contributed by atoms with Crippen molar-refractivity contribution in [3.8, 4) is 0 Å². The largest absolute Gasteiger partial charge is 0.481 e. The lowest BCUT2D eigenvalue weighted by atomic mass is 9.90. The minimum Gasteiger partial charge on any atom is -0.481 e. The molecule has 2 aliphatic carbocycles. The van der Waals surface area contributed by atoms with Gasteiger partial charge in [0.15, 0.2) is 0 Å². The topological polar surface area (TPSA) is 57.6 Å². The molecule has 2 fully saturated rings. The number of carboxylic acid groups (broad SMARTS) is 1. The van der Waals surface area contributed by atoms with Crippen molar-refractivity contribution in [2.75, 3.05) is 0 Å². The van der Waals surface area contributed by atoms with E-state index in [1.165, 1.54) is 6.42 Å². The zero-order chi connectivity index (χ0) is 11.9. The van der Waals surface area contributed by atoms with Crippen molar-refractivity contribution >= 4 is 11.9 Å². The Balaban J connectivity index is 1.98. The molecule has 4 nitrogen and oxygen atoms in total. The van der Waals surface area contributed by atoms with Crippen LogP contribution in [-0.4, -0.2) is 34.0 Å². The van der Waals surface area contributed by atoms with Crippen molar-refractivity contribution in [3.05, 3.63) is 0 Å². The van der Waals surface area contributed by atoms with Gasteiger partial charge in [0.1, 0.15) is 0 Å². The second-order valence-corrected chi connectivity index (χ2v) is 5.21. The normalized spacial score (nSPS) is 28.7. The van der Waals surface area contributed by atoms with Gasteiger partial charge in [0.2, 0.25) is 5.91 Å². The number of hydrogen-bond acceptors (Lipinski definition) is 2. The van der Waals surface area contributed by atoms with Crippen LogP contribution in [0.3, 0.4) is 0 Å². The van der Waals surface area contributed by atoms with Crippen LogP contribution in [0.2, 0.25) is 0 Å². The number of rotatable bonds is 4. The second-order valence-electron chi connectivity index (χ2n) is 5.21. The van der Waals surface area contributed by atoms with Gasteiger partial charge >= 0.3 is 5.97 Å². The zero-order valence-electron chi connectivity index (χ0n) is 9.85. The van der Waals surface area contributed by atoms with Gasteiger partial charge < -0.3 is 10.0 Å². The van der Waals surface area contributed by atoms with E-state index in [2.05, 4.69) is 0 Å². The summed E-state index contributed by atoms with van der Waals surface area (Å²) >= 11 is 0.